The van der Waals surface area contributed by atoms with Crippen molar-refractivity contribution in [3.63, 3.8) is 0 Å². The van der Waals surface area contributed by atoms with E-state index < -0.39 is 0 Å². The lowest BCUT2D eigenvalue weighted by molar-refractivity contribution is -0.134. The summed E-state index contributed by atoms with van der Waals surface area (Å²) < 4.78 is 13.3. The van der Waals surface area contributed by atoms with E-state index in [4.69, 9.17) is 9.47 Å². The van der Waals surface area contributed by atoms with Gasteiger partial charge in [-0.15, -0.1) is 0 Å². The summed E-state index contributed by atoms with van der Waals surface area (Å²) >= 11 is 0. The number of carbonyl (C=O) groups excluding carboxylic acids is 2. The zero-order valence-corrected chi connectivity index (χ0v) is 17.7. The van der Waals surface area contributed by atoms with Crippen molar-refractivity contribution in [3.05, 3.63) is 47.5 Å². The van der Waals surface area contributed by atoms with Crippen LogP contribution in [0.2, 0.25) is 0 Å². The molecule has 4 rings (SSSR count). The maximum absolute atomic E-state index is 13.1. The highest BCUT2D eigenvalue weighted by Gasteiger charge is 2.32. The minimum Gasteiger partial charge on any atom is -0.497 e. The lowest BCUT2D eigenvalue weighted by Crippen LogP contribution is -2.43. The van der Waals surface area contributed by atoms with Gasteiger partial charge in [0.1, 0.15) is 11.9 Å². The topological polar surface area (TPSA) is 76.9 Å². The number of amides is 2. The Morgan fingerprint density at radius 2 is 1.87 bits per heavy atom. The van der Waals surface area contributed by atoms with Gasteiger partial charge in [-0.25, -0.2) is 4.98 Å². The van der Waals surface area contributed by atoms with Crippen LogP contribution in [-0.2, 0) is 22.7 Å². The lowest BCUT2D eigenvalue weighted by atomic mass is 9.95. The molecule has 1 aromatic heterocycles. The third-order valence-electron chi connectivity index (χ3n) is 5.99. The number of aromatic nitrogens is 2. The van der Waals surface area contributed by atoms with Gasteiger partial charge < -0.3 is 23.8 Å². The van der Waals surface area contributed by atoms with Gasteiger partial charge in [0, 0.05) is 33.1 Å². The highest BCUT2D eigenvalue weighted by molar-refractivity contribution is 5.93. The second kappa shape index (κ2) is 8.47. The number of ether oxygens (including phenoxy) is 2. The first-order valence-corrected chi connectivity index (χ1v) is 10.3. The molecule has 0 N–H and O–H groups in total. The molecule has 3 heterocycles. The Labute approximate surface area is 176 Å². The molecule has 2 aromatic rings. The third kappa shape index (κ3) is 3.92. The van der Waals surface area contributed by atoms with E-state index in [2.05, 4.69) is 4.98 Å². The molecule has 2 aliphatic heterocycles. The van der Waals surface area contributed by atoms with Crippen molar-refractivity contribution in [1.29, 1.82) is 0 Å². The fourth-order valence-corrected chi connectivity index (χ4v) is 4.17. The van der Waals surface area contributed by atoms with E-state index in [1.807, 2.05) is 28.8 Å². The average Bonchev–Trinajstić information content (AvgIpc) is 3.21. The van der Waals surface area contributed by atoms with Gasteiger partial charge >= 0.3 is 0 Å². The van der Waals surface area contributed by atoms with Gasteiger partial charge in [-0.3, -0.25) is 9.59 Å². The number of nitrogens with zero attached hydrogens (tertiary/aromatic N) is 4. The van der Waals surface area contributed by atoms with Gasteiger partial charge in [0.25, 0.3) is 5.91 Å². The molecule has 1 saturated heterocycles. The molecule has 8 nitrogen and oxygen atoms in total. The van der Waals surface area contributed by atoms with E-state index in [1.165, 1.54) is 0 Å². The summed E-state index contributed by atoms with van der Waals surface area (Å²) in [6, 6.07) is 7.83. The number of carbonyl (C=O) groups is 2. The van der Waals surface area contributed by atoms with E-state index >= 15 is 0 Å². The standard InChI is InChI=1S/C22H28N4O4/c1-24(2)21(27)16-8-10-25(11-9-16)22(28)20-18-13-30-19(12-26(18)14-23-20)15-4-6-17(29-3)7-5-15/h4-7,14,16,19H,8-13H2,1-3H3/t19-/m0/s1. The molecule has 30 heavy (non-hydrogen) atoms. The van der Waals surface area contributed by atoms with Gasteiger partial charge in [0.2, 0.25) is 5.91 Å². The number of benzene rings is 1. The predicted octanol–water partition coefficient (Wildman–Crippen LogP) is 2.10. The van der Waals surface area contributed by atoms with Gasteiger partial charge in [0.15, 0.2) is 5.69 Å². The third-order valence-corrected chi connectivity index (χ3v) is 5.99. The Morgan fingerprint density at radius 3 is 2.50 bits per heavy atom. The highest BCUT2D eigenvalue weighted by atomic mass is 16.5. The Kier molecular flexibility index (Phi) is 5.76. The van der Waals surface area contributed by atoms with Crippen LogP contribution in [0, 0.1) is 5.92 Å². The van der Waals surface area contributed by atoms with Crippen molar-refractivity contribution in [2.75, 3.05) is 34.3 Å². The number of piperidine rings is 1. The van der Waals surface area contributed by atoms with E-state index in [9.17, 15) is 9.59 Å². The van der Waals surface area contributed by atoms with Gasteiger partial charge in [-0.05, 0) is 30.5 Å². The molecular formula is C22H28N4O4. The van der Waals surface area contributed by atoms with Crippen LogP contribution in [0.5, 0.6) is 5.75 Å². The number of imidazole rings is 1. The van der Waals surface area contributed by atoms with Crippen molar-refractivity contribution < 1.29 is 19.1 Å². The van der Waals surface area contributed by atoms with Crippen LogP contribution in [-0.4, -0.2) is 65.5 Å². The molecule has 0 saturated carbocycles. The molecular weight excluding hydrogens is 384 g/mol. The van der Waals surface area contributed by atoms with Crippen LogP contribution in [0.15, 0.2) is 30.6 Å². The van der Waals surface area contributed by atoms with Crippen LogP contribution >= 0.6 is 0 Å². The van der Waals surface area contributed by atoms with E-state index in [0.717, 1.165) is 17.0 Å². The molecule has 0 unspecified atom stereocenters. The average molecular weight is 412 g/mol. The summed E-state index contributed by atoms with van der Waals surface area (Å²) in [7, 11) is 5.19. The molecule has 2 aliphatic rings. The van der Waals surface area contributed by atoms with Crippen molar-refractivity contribution in [2.45, 2.75) is 32.1 Å². The number of rotatable bonds is 4. The molecule has 0 aliphatic carbocycles. The second-order valence-electron chi connectivity index (χ2n) is 8.06. The Bertz CT molecular complexity index is 914. The fraction of sp³-hybridized carbons (Fsp3) is 0.500. The van der Waals surface area contributed by atoms with E-state index in [1.54, 1.807) is 37.3 Å². The molecule has 160 valence electrons. The number of fused-ring (bicyclic) bond motifs is 1. The summed E-state index contributed by atoms with van der Waals surface area (Å²) in [4.78, 5) is 33.1. The minimum absolute atomic E-state index is 0.00597. The Morgan fingerprint density at radius 1 is 1.17 bits per heavy atom. The second-order valence-corrected chi connectivity index (χ2v) is 8.06. The van der Waals surface area contributed by atoms with Gasteiger partial charge in [0.05, 0.1) is 32.3 Å². The summed E-state index contributed by atoms with van der Waals surface area (Å²) in [6.45, 7) is 2.10. The summed E-state index contributed by atoms with van der Waals surface area (Å²) in [5.74, 6) is 0.862. The molecule has 1 aromatic carbocycles. The SMILES string of the molecule is COc1ccc([C@@H]2Cn3cnc(C(=O)N4CCC(C(=O)N(C)C)CC4)c3CO2)cc1. The monoisotopic (exact) mass is 412 g/mol. The Balaban J connectivity index is 1.41. The molecule has 8 heteroatoms. The van der Waals surface area contributed by atoms with E-state index in [0.29, 0.717) is 44.8 Å². The first-order valence-electron chi connectivity index (χ1n) is 10.3. The number of hydrogen-bond donors (Lipinski definition) is 0. The molecule has 1 atom stereocenters. The quantitative estimate of drug-likeness (QED) is 0.769. The smallest absolute Gasteiger partial charge is 0.274 e. The summed E-state index contributed by atoms with van der Waals surface area (Å²) in [5, 5.41) is 0. The van der Waals surface area contributed by atoms with Crippen LogP contribution in [0.25, 0.3) is 0 Å². The highest BCUT2D eigenvalue weighted by Crippen LogP contribution is 2.30. The molecule has 0 bridgehead atoms. The first kappa shape index (κ1) is 20.4. The van der Waals surface area contributed by atoms with Gasteiger partial charge in [-0.2, -0.15) is 0 Å². The minimum atomic E-state index is -0.0895. The molecule has 1 fully saturated rings. The van der Waals surface area contributed by atoms with Crippen molar-refractivity contribution in [3.8, 4) is 5.75 Å². The maximum Gasteiger partial charge on any atom is 0.274 e. The number of likely N-dealkylation sites (tertiary alicyclic amines) is 1. The van der Waals surface area contributed by atoms with Gasteiger partial charge in [-0.1, -0.05) is 12.1 Å². The fourth-order valence-electron chi connectivity index (χ4n) is 4.17. The lowest BCUT2D eigenvalue weighted by Gasteiger charge is -2.32. The predicted molar refractivity (Wildman–Crippen MR) is 110 cm³/mol. The number of methoxy groups -OCH3 is 1. The molecule has 2 amide bonds. The zero-order valence-electron chi connectivity index (χ0n) is 17.7. The van der Waals surface area contributed by atoms with Crippen molar-refractivity contribution in [2.24, 2.45) is 5.92 Å². The van der Waals surface area contributed by atoms with Crippen LogP contribution in [0.1, 0.15) is 40.7 Å². The van der Waals surface area contributed by atoms with Crippen molar-refractivity contribution in [1.82, 2.24) is 19.4 Å². The number of hydrogen-bond acceptors (Lipinski definition) is 5. The summed E-state index contributed by atoms with van der Waals surface area (Å²) in [6.07, 6.45) is 3.02. The van der Waals surface area contributed by atoms with E-state index in [-0.39, 0.29) is 23.8 Å². The van der Waals surface area contributed by atoms with Crippen LogP contribution < -0.4 is 4.74 Å². The maximum atomic E-state index is 13.1. The molecule has 0 spiro atoms. The largest absolute Gasteiger partial charge is 0.497 e. The van der Waals surface area contributed by atoms with Crippen molar-refractivity contribution >= 4 is 11.8 Å². The summed E-state index contributed by atoms with van der Waals surface area (Å²) in [5.41, 5.74) is 2.34. The Hall–Kier alpha value is -2.87. The first-order chi connectivity index (χ1) is 14.5. The van der Waals surface area contributed by atoms with Crippen LogP contribution in [0.3, 0.4) is 0 Å². The van der Waals surface area contributed by atoms with Crippen LogP contribution in [0.4, 0.5) is 0 Å². The zero-order chi connectivity index (χ0) is 21.3. The molecule has 0 radical (unpaired) electrons. The normalized spacial score (nSPS) is 19.3.